The molecular weight excluding hydrogens is 284 g/mol. The van der Waals surface area contributed by atoms with Gasteiger partial charge in [0, 0.05) is 18.8 Å². The zero-order valence-electron chi connectivity index (χ0n) is 12.5. The van der Waals surface area contributed by atoms with Gasteiger partial charge in [0.2, 0.25) is 0 Å². The van der Waals surface area contributed by atoms with Gasteiger partial charge < -0.3 is 14.6 Å². The van der Waals surface area contributed by atoms with E-state index in [1.165, 1.54) is 0 Å². The molecule has 1 atom stereocenters. The lowest BCUT2D eigenvalue weighted by molar-refractivity contribution is -0.144. The molecule has 118 valence electrons. The third-order valence-electron chi connectivity index (χ3n) is 3.32. The minimum atomic E-state index is -0.438. The van der Waals surface area contributed by atoms with Gasteiger partial charge in [-0.2, -0.15) is 0 Å². The van der Waals surface area contributed by atoms with E-state index in [-0.39, 0.29) is 25.2 Å². The molecule has 0 amide bonds. The van der Waals surface area contributed by atoms with Crippen LogP contribution in [0.2, 0.25) is 0 Å². The fourth-order valence-electron chi connectivity index (χ4n) is 2.06. The Bertz CT molecular complexity index is 530. The predicted molar refractivity (Wildman–Crippen MR) is 81.4 cm³/mol. The Kier molecular flexibility index (Phi) is 7.61. The SMILES string of the molecule is C/C=C(/C=O)C(CC=O)CC(=O)OCCc1ccc(O)cc1. The van der Waals surface area contributed by atoms with Crippen LogP contribution in [-0.4, -0.2) is 30.3 Å². The number of esters is 1. The summed E-state index contributed by atoms with van der Waals surface area (Å²) in [5.74, 6) is -0.682. The first-order valence-electron chi connectivity index (χ1n) is 7.09. The van der Waals surface area contributed by atoms with Gasteiger partial charge >= 0.3 is 5.97 Å². The van der Waals surface area contributed by atoms with Crippen molar-refractivity contribution in [3.8, 4) is 5.75 Å². The van der Waals surface area contributed by atoms with Gasteiger partial charge in [-0.15, -0.1) is 0 Å². The quantitative estimate of drug-likeness (QED) is 0.430. The molecule has 1 aromatic rings. The number of phenols is 1. The largest absolute Gasteiger partial charge is 0.508 e. The van der Waals surface area contributed by atoms with E-state index >= 15 is 0 Å². The molecule has 1 unspecified atom stereocenters. The van der Waals surface area contributed by atoms with Crippen LogP contribution in [0.25, 0.3) is 0 Å². The van der Waals surface area contributed by atoms with E-state index in [9.17, 15) is 19.5 Å². The number of benzene rings is 1. The number of ether oxygens (including phenoxy) is 1. The highest BCUT2D eigenvalue weighted by atomic mass is 16.5. The molecule has 1 rings (SSSR count). The van der Waals surface area contributed by atoms with Crippen molar-refractivity contribution >= 4 is 18.5 Å². The number of aldehydes is 2. The van der Waals surface area contributed by atoms with Crippen molar-refractivity contribution in [1.29, 1.82) is 0 Å². The second kappa shape index (κ2) is 9.50. The molecule has 0 bridgehead atoms. The number of carbonyl (C=O) groups is 3. The molecule has 0 aliphatic heterocycles. The van der Waals surface area contributed by atoms with Crippen LogP contribution in [0.3, 0.4) is 0 Å². The van der Waals surface area contributed by atoms with E-state index in [0.717, 1.165) is 5.56 Å². The van der Waals surface area contributed by atoms with Gasteiger partial charge in [0.05, 0.1) is 13.0 Å². The third kappa shape index (κ3) is 5.91. The summed E-state index contributed by atoms with van der Waals surface area (Å²) in [6, 6.07) is 6.64. The number of hydrogen-bond donors (Lipinski definition) is 1. The molecule has 0 spiro atoms. The summed E-state index contributed by atoms with van der Waals surface area (Å²) < 4.78 is 5.13. The van der Waals surface area contributed by atoms with Crippen LogP contribution >= 0.6 is 0 Å². The molecule has 0 saturated heterocycles. The monoisotopic (exact) mass is 304 g/mol. The van der Waals surface area contributed by atoms with Crippen molar-refractivity contribution in [2.24, 2.45) is 5.92 Å². The number of phenolic OH excluding ortho intramolecular Hbond substituents is 1. The lowest BCUT2D eigenvalue weighted by Gasteiger charge is -2.13. The second-order valence-corrected chi connectivity index (χ2v) is 4.85. The normalized spacial score (nSPS) is 12.5. The first-order valence-corrected chi connectivity index (χ1v) is 7.09. The van der Waals surface area contributed by atoms with E-state index in [0.29, 0.717) is 24.6 Å². The molecule has 0 heterocycles. The highest BCUT2D eigenvalue weighted by Crippen LogP contribution is 2.18. The molecule has 22 heavy (non-hydrogen) atoms. The van der Waals surface area contributed by atoms with Crippen LogP contribution in [0, 0.1) is 5.92 Å². The average molecular weight is 304 g/mol. The Morgan fingerprint density at radius 2 is 1.95 bits per heavy atom. The van der Waals surface area contributed by atoms with Gasteiger partial charge in [0.1, 0.15) is 18.3 Å². The van der Waals surface area contributed by atoms with E-state index in [4.69, 9.17) is 4.74 Å². The highest BCUT2D eigenvalue weighted by molar-refractivity contribution is 5.78. The molecule has 0 aliphatic carbocycles. The fraction of sp³-hybridized carbons (Fsp3) is 0.353. The molecule has 5 nitrogen and oxygen atoms in total. The van der Waals surface area contributed by atoms with Crippen LogP contribution in [0.15, 0.2) is 35.9 Å². The highest BCUT2D eigenvalue weighted by Gasteiger charge is 2.18. The summed E-state index contributed by atoms with van der Waals surface area (Å²) in [5.41, 5.74) is 1.37. The smallest absolute Gasteiger partial charge is 0.306 e. The van der Waals surface area contributed by atoms with Crippen molar-refractivity contribution in [3.63, 3.8) is 0 Å². The minimum Gasteiger partial charge on any atom is -0.508 e. The van der Waals surface area contributed by atoms with Gasteiger partial charge in [-0.1, -0.05) is 18.2 Å². The predicted octanol–water partition coefficient (Wildman–Crippen LogP) is 2.22. The first-order chi connectivity index (χ1) is 10.6. The Morgan fingerprint density at radius 1 is 1.27 bits per heavy atom. The number of allylic oxidation sites excluding steroid dienone is 2. The molecule has 0 aromatic heterocycles. The first kappa shape index (κ1) is 17.6. The van der Waals surface area contributed by atoms with Crippen LogP contribution in [0.4, 0.5) is 0 Å². The van der Waals surface area contributed by atoms with Crippen molar-refractivity contribution in [2.75, 3.05) is 6.61 Å². The fourth-order valence-corrected chi connectivity index (χ4v) is 2.06. The van der Waals surface area contributed by atoms with Crippen molar-refractivity contribution in [3.05, 3.63) is 41.5 Å². The summed E-state index contributed by atoms with van der Waals surface area (Å²) in [5, 5.41) is 9.17. The van der Waals surface area contributed by atoms with Gasteiger partial charge in [0.15, 0.2) is 0 Å². The summed E-state index contributed by atoms with van der Waals surface area (Å²) in [7, 11) is 0. The summed E-state index contributed by atoms with van der Waals surface area (Å²) in [6.45, 7) is 1.90. The maximum Gasteiger partial charge on any atom is 0.306 e. The average Bonchev–Trinajstić information content (AvgIpc) is 2.50. The molecule has 5 heteroatoms. The minimum absolute atomic E-state index is 0.00668. The number of hydrogen-bond acceptors (Lipinski definition) is 5. The molecule has 0 saturated carbocycles. The van der Waals surface area contributed by atoms with Gasteiger partial charge in [-0.3, -0.25) is 9.59 Å². The summed E-state index contributed by atoms with van der Waals surface area (Å²) in [4.78, 5) is 33.3. The lowest BCUT2D eigenvalue weighted by atomic mass is 9.93. The van der Waals surface area contributed by atoms with Crippen LogP contribution in [0.5, 0.6) is 5.75 Å². The van der Waals surface area contributed by atoms with E-state index < -0.39 is 11.9 Å². The Hall–Kier alpha value is -2.43. The zero-order chi connectivity index (χ0) is 16.4. The van der Waals surface area contributed by atoms with Gasteiger partial charge in [-0.25, -0.2) is 0 Å². The summed E-state index contributed by atoms with van der Waals surface area (Å²) >= 11 is 0. The number of rotatable bonds is 9. The second-order valence-electron chi connectivity index (χ2n) is 4.85. The molecule has 0 fully saturated rings. The summed E-state index contributed by atoms with van der Waals surface area (Å²) in [6.07, 6.45) is 3.62. The van der Waals surface area contributed by atoms with Crippen molar-refractivity contribution in [1.82, 2.24) is 0 Å². The van der Waals surface area contributed by atoms with Gasteiger partial charge in [0.25, 0.3) is 0 Å². The van der Waals surface area contributed by atoms with E-state index in [1.807, 2.05) is 0 Å². The molecular formula is C17H20O5. The van der Waals surface area contributed by atoms with Crippen LogP contribution in [0.1, 0.15) is 25.3 Å². The Morgan fingerprint density at radius 3 is 2.50 bits per heavy atom. The van der Waals surface area contributed by atoms with Gasteiger partial charge in [-0.05, 0) is 30.2 Å². The number of carbonyl (C=O) groups excluding carboxylic acids is 3. The van der Waals surface area contributed by atoms with E-state index in [2.05, 4.69) is 0 Å². The Labute approximate surface area is 129 Å². The van der Waals surface area contributed by atoms with Crippen molar-refractivity contribution < 1.29 is 24.2 Å². The topological polar surface area (TPSA) is 80.7 Å². The molecule has 0 radical (unpaired) electrons. The zero-order valence-corrected chi connectivity index (χ0v) is 12.5. The molecule has 0 aliphatic rings. The maximum absolute atomic E-state index is 11.8. The standard InChI is InChI=1S/C17H20O5/c1-2-14(12-19)15(7-9-18)11-17(21)22-10-8-13-3-5-16(20)6-4-13/h2-6,9,12,15,20H,7-8,10-11H2,1H3/b14-2-. The van der Waals surface area contributed by atoms with E-state index in [1.54, 1.807) is 37.3 Å². The van der Waals surface area contributed by atoms with Crippen molar-refractivity contribution in [2.45, 2.75) is 26.2 Å². The third-order valence-corrected chi connectivity index (χ3v) is 3.32. The molecule has 1 N–H and O–H groups in total. The van der Waals surface area contributed by atoms with Crippen LogP contribution < -0.4 is 0 Å². The number of aromatic hydroxyl groups is 1. The Balaban J connectivity index is 2.45. The molecule has 1 aromatic carbocycles. The maximum atomic E-state index is 11.8. The lowest BCUT2D eigenvalue weighted by Crippen LogP contribution is -2.16. The van der Waals surface area contributed by atoms with Crippen LogP contribution in [-0.2, 0) is 25.5 Å².